The molecule has 2 aromatic heterocycles. The van der Waals surface area contributed by atoms with Crippen LogP contribution in [0.4, 0.5) is 0 Å². The molecule has 0 bridgehead atoms. The molecule has 0 amide bonds. The minimum Gasteiger partial charge on any atom is -0.457 e. The van der Waals surface area contributed by atoms with Gasteiger partial charge < -0.3 is 14.2 Å². The molecule has 2 rings (SSSR count). The Balaban J connectivity index is 2.29. The van der Waals surface area contributed by atoms with E-state index in [0.717, 1.165) is 12.0 Å². The number of rotatable bonds is 4. The van der Waals surface area contributed by atoms with Gasteiger partial charge in [0, 0.05) is 0 Å². The second kappa shape index (κ2) is 4.80. The molecule has 86 valence electrons. The predicted molar refractivity (Wildman–Crippen MR) is 61.8 cm³/mol. The van der Waals surface area contributed by atoms with Crippen molar-refractivity contribution < 1.29 is 8.83 Å². The van der Waals surface area contributed by atoms with E-state index >= 15 is 0 Å². The summed E-state index contributed by atoms with van der Waals surface area (Å²) < 4.78 is 11.3. The summed E-state index contributed by atoms with van der Waals surface area (Å²) in [6, 6.07) is 1.87. The fraction of sp³-hybridized carbons (Fsp3) is 0.400. The van der Waals surface area contributed by atoms with E-state index < -0.39 is 0 Å². The van der Waals surface area contributed by atoms with Crippen molar-refractivity contribution in [1.82, 2.24) is 15.5 Å². The van der Waals surface area contributed by atoms with Gasteiger partial charge in [-0.1, -0.05) is 6.92 Å². The molecule has 0 aliphatic heterocycles. The minimum atomic E-state index is 0.0897. The average Bonchev–Trinajstić information content (AvgIpc) is 2.89. The van der Waals surface area contributed by atoms with Crippen molar-refractivity contribution in [3.8, 4) is 11.5 Å². The summed E-state index contributed by atoms with van der Waals surface area (Å²) in [6.45, 7) is 2.05. The van der Waals surface area contributed by atoms with E-state index in [4.69, 9.17) is 8.83 Å². The monoisotopic (exact) mass is 285 g/mol. The first kappa shape index (κ1) is 11.3. The summed E-state index contributed by atoms with van der Waals surface area (Å²) in [5.74, 6) is 1.05. The number of nitrogens with zero attached hydrogens (tertiary/aromatic N) is 2. The number of nitrogens with one attached hydrogen (secondary N) is 1. The van der Waals surface area contributed by atoms with Gasteiger partial charge in [0.1, 0.15) is 0 Å². The molecule has 0 radical (unpaired) electrons. The summed E-state index contributed by atoms with van der Waals surface area (Å²) in [4.78, 5) is 0. The van der Waals surface area contributed by atoms with Gasteiger partial charge in [-0.2, -0.15) is 0 Å². The van der Waals surface area contributed by atoms with Crippen molar-refractivity contribution in [2.45, 2.75) is 19.4 Å². The van der Waals surface area contributed by atoms with Crippen LogP contribution < -0.4 is 5.32 Å². The quantitative estimate of drug-likeness (QED) is 0.936. The molecular weight excluding hydrogens is 274 g/mol. The molecule has 0 spiro atoms. The molecule has 0 saturated carbocycles. The summed E-state index contributed by atoms with van der Waals surface area (Å²) in [5.41, 5.74) is 0.768. The Hall–Kier alpha value is -1.14. The van der Waals surface area contributed by atoms with Gasteiger partial charge in [0.15, 0.2) is 4.67 Å². The van der Waals surface area contributed by atoms with Crippen LogP contribution in [0, 0.1) is 0 Å². The lowest BCUT2D eigenvalue weighted by molar-refractivity contribution is 0.414. The SMILES string of the molecule is CCC(NC)c1nnc(-c2ccoc2Br)o1. The Morgan fingerprint density at radius 1 is 1.50 bits per heavy atom. The molecule has 0 aliphatic carbocycles. The molecule has 2 heterocycles. The molecular formula is C10H12BrN3O2. The molecule has 0 saturated heterocycles. The van der Waals surface area contributed by atoms with Gasteiger partial charge in [-0.25, -0.2) is 0 Å². The van der Waals surface area contributed by atoms with Gasteiger partial charge in [0.2, 0.25) is 5.89 Å². The van der Waals surface area contributed by atoms with Crippen molar-refractivity contribution >= 4 is 15.9 Å². The highest BCUT2D eigenvalue weighted by Gasteiger charge is 2.18. The van der Waals surface area contributed by atoms with E-state index in [2.05, 4.69) is 38.4 Å². The first-order chi connectivity index (χ1) is 7.76. The van der Waals surface area contributed by atoms with Gasteiger partial charge in [0.05, 0.1) is 17.9 Å². The molecule has 6 heteroatoms. The second-order valence-corrected chi connectivity index (χ2v) is 4.02. The minimum absolute atomic E-state index is 0.0897. The maximum absolute atomic E-state index is 5.58. The fourth-order valence-corrected chi connectivity index (χ4v) is 1.84. The van der Waals surface area contributed by atoms with Crippen LogP contribution in [-0.2, 0) is 0 Å². The molecule has 1 unspecified atom stereocenters. The Kier molecular flexibility index (Phi) is 3.40. The molecule has 0 aromatic carbocycles. The van der Waals surface area contributed by atoms with E-state index in [1.165, 1.54) is 0 Å². The normalized spacial score (nSPS) is 12.9. The standard InChI is InChI=1S/C10H12BrN3O2/c1-3-7(12-2)10-14-13-9(16-10)6-4-5-15-8(6)11/h4-5,7,12H,3H2,1-2H3. The summed E-state index contributed by atoms with van der Waals surface area (Å²) in [6.07, 6.45) is 2.46. The third-order valence-corrected chi connectivity index (χ3v) is 2.96. The fourth-order valence-electron chi connectivity index (χ4n) is 1.43. The molecule has 1 N–H and O–H groups in total. The zero-order valence-electron chi connectivity index (χ0n) is 9.03. The molecule has 1 atom stereocenters. The van der Waals surface area contributed by atoms with E-state index in [0.29, 0.717) is 16.5 Å². The van der Waals surface area contributed by atoms with Gasteiger partial charge >= 0.3 is 0 Å². The van der Waals surface area contributed by atoms with Crippen LogP contribution in [0.25, 0.3) is 11.5 Å². The van der Waals surface area contributed by atoms with Crippen molar-refractivity contribution in [2.24, 2.45) is 0 Å². The van der Waals surface area contributed by atoms with Crippen molar-refractivity contribution in [2.75, 3.05) is 7.05 Å². The average molecular weight is 286 g/mol. The molecule has 5 nitrogen and oxygen atoms in total. The number of hydrogen-bond acceptors (Lipinski definition) is 5. The number of furan rings is 1. The highest BCUT2D eigenvalue weighted by Crippen LogP contribution is 2.29. The lowest BCUT2D eigenvalue weighted by Crippen LogP contribution is -2.15. The third-order valence-electron chi connectivity index (χ3n) is 2.34. The summed E-state index contributed by atoms with van der Waals surface area (Å²) >= 11 is 3.27. The van der Waals surface area contributed by atoms with Crippen molar-refractivity contribution in [1.29, 1.82) is 0 Å². The Labute approximate surface area is 101 Å². The number of aromatic nitrogens is 2. The number of halogens is 1. The molecule has 2 aromatic rings. The summed E-state index contributed by atoms with van der Waals surface area (Å²) in [7, 11) is 1.87. The first-order valence-corrected chi connectivity index (χ1v) is 5.79. The van der Waals surface area contributed by atoms with E-state index in [1.807, 2.05) is 7.05 Å². The Bertz CT molecular complexity index is 462. The maximum Gasteiger partial charge on any atom is 0.252 e. The maximum atomic E-state index is 5.58. The largest absolute Gasteiger partial charge is 0.457 e. The topological polar surface area (TPSA) is 64.1 Å². The van der Waals surface area contributed by atoms with Crippen LogP contribution in [0.2, 0.25) is 0 Å². The number of hydrogen-bond donors (Lipinski definition) is 1. The van der Waals surface area contributed by atoms with E-state index in [9.17, 15) is 0 Å². The van der Waals surface area contributed by atoms with Crippen LogP contribution in [0.3, 0.4) is 0 Å². The van der Waals surface area contributed by atoms with Gasteiger partial charge in [-0.05, 0) is 35.5 Å². The van der Waals surface area contributed by atoms with Crippen LogP contribution in [0.1, 0.15) is 25.3 Å². The molecule has 0 fully saturated rings. The Morgan fingerprint density at radius 2 is 2.31 bits per heavy atom. The zero-order valence-corrected chi connectivity index (χ0v) is 10.6. The van der Waals surface area contributed by atoms with Crippen LogP contribution >= 0.6 is 15.9 Å². The lowest BCUT2D eigenvalue weighted by Gasteiger charge is -2.06. The van der Waals surface area contributed by atoms with Crippen molar-refractivity contribution in [3.05, 3.63) is 22.9 Å². The second-order valence-electron chi connectivity index (χ2n) is 3.30. The Morgan fingerprint density at radius 3 is 2.88 bits per heavy atom. The highest BCUT2D eigenvalue weighted by molar-refractivity contribution is 9.10. The summed E-state index contributed by atoms with van der Waals surface area (Å²) in [5, 5.41) is 11.1. The first-order valence-electron chi connectivity index (χ1n) is 5.00. The van der Waals surface area contributed by atoms with Gasteiger partial charge in [0.25, 0.3) is 5.89 Å². The smallest absolute Gasteiger partial charge is 0.252 e. The van der Waals surface area contributed by atoms with E-state index in [1.54, 1.807) is 12.3 Å². The third kappa shape index (κ3) is 2.03. The van der Waals surface area contributed by atoms with Crippen LogP contribution in [0.5, 0.6) is 0 Å². The van der Waals surface area contributed by atoms with Crippen LogP contribution in [-0.4, -0.2) is 17.2 Å². The van der Waals surface area contributed by atoms with E-state index in [-0.39, 0.29) is 6.04 Å². The highest BCUT2D eigenvalue weighted by atomic mass is 79.9. The van der Waals surface area contributed by atoms with Crippen LogP contribution in [0.15, 0.2) is 25.8 Å². The molecule has 16 heavy (non-hydrogen) atoms. The van der Waals surface area contributed by atoms with Gasteiger partial charge in [-0.3, -0.25) is 0 Å². The molecule has 0 aliphatic rings. The predicted octanol–water partition coefficient (Wildman–Crippen LogP) is 2.76. The zero-order chi connectivity index (χ0) is 11.5. The van der Waals surface area contributed by atoms with Crippen molar-refractivity contribution in [3.63, 3.8) is 0 Å². The lowest BCUT2D eigenvalue weighted by atomic mass is 10.2. The van der Waals surface area contributed by atoms with Gasteiger partial charge in [-0.15, -0.1) is 10.2 Å².